The molecular weight excluding hydrogens is 256 g/mol. The van der Waals surface area contributed by atoms with E-state index in [2.05, 4.69) is 19.0 Å². The standard InChI is InChI=1S/C15H26N2O3/c1-5-12-8-17(7-6-13(12)16-19)15(18)14-9(2)10(3)20-11(14)4/h9-12,14,19H,5-8H2,1-4H3. The van der Waals surface area contributed by atoms with Crippen molar-refractivity contribution in [3.05, 3.63) is 0 Å². The van der Waals surface area contributed by atoms with E-state index in [4.69, 9.17) is 9.94 Å². The number of hydrogen-bond acceptors (Lipinski definition) is 4. The number of oxime groups is 1. The first-order chi connectivity index (χ1) is 9.49. The maximum Gasteiger partial charge on any atom is 0.228 e. The normalized spacial score (nSPS) is 40.3. The average Bonchev–Trinajstić information content (AvgIpc) is 2.70. The highest BCUT2D eigenvalue weighted by molar-refractivity contribution is 5.89. The number of rotatable bonds is 2. The number of amides is 1. The van der Waals surface area contributed by atoms with Crippen LogP contribution >= 0.6 is 0 Å². The number of nitrogens with zero attached hydrogens (tertiary/aromatic N) is 2. The number of carbonyl (C=O) groups excluding carboxylic acids is 1. The van der Waals surface area contributed by atoms with E-state index >= 15 is 0 Å². The summed E-state index contributed by atoms with van der Waals surface area (Å²) < 4.78 is 5.78. The molecule has 0 radical (unpaired) electrons. The Hall–Kier alpha value is -1.10. The van der Waals surface area contributed by atoms with Gasteiger partial charge in [-0.2, -0.15) is 0 Å². The van der Waals surface area contributed by atoms with Crippen molar-refractivity contribution in [1.82, 2.24) is 4.90 Å². The third-order valence-electron chi connectivity index (χ3n) is 5.01. The SMILES string of the molecule is CCC1CN(C(=O)C2C(C)OC(C)C2C)CCC1=NO. The molecule has 5 unspecified atom stereocenters. The van der Waals surface area contributed by atoms with Crippen molar-refractivity contribution in [3.8, 4) is 0 Å². The van der Waals surface area contributed by atoms with Gasteiger partial charge in [0.15, 0.2) is 0 Å². The highest BCUT2D eigenvalue weighted by Gasteiger charge is 2.44. The van der Waals surface area contributed by atoms with Gasteiger partial charge in [-0.05, 0) is 26.2 Å². The predicted octanol–water partition coefficient (Wildman–Crippen LogP) is 2.13. The summed E-state index contributed by atoms with van der Waals surface area (Å²) >= 11 is 0. The minimum atomic E-state index is -0.0462. The number of likely N-dealkylation sites (tertiary alicyclic amines) is 1. The Morgan fingerprint density at radius 2 is 2.10 bits per heavy atom. The van der Waals surface area contributed by atoms with E-state index in [-0.39, 0.29) is 35.9 Å². The Kier molecular flexibility index (Phi) is 4.68. The summed E-state index contributed by atoms with van der Waals surface area (Å²) in [6, 6.07) is 0. The molecule has 2 saturated heterocycles. The zero-order chi connectivity index (χ0) is 14.9. The molecule has 2 aliphatic rings. The molecule has 5 nitrogen and oxygen atoms in total. The Labute approximate surface area is 121 Å². The first kappa shape index (κ1) is 15.3. The van der Waals surface area contributed by atoms with E-state index in [1.165, 1.54) is 0 Å². The molecule has 0 aromatic carbocycles. The predicted molar refractivity (Wildman–Crippen MR) is 76.9 cm³/mol. The van der Waals surface area contributed by atoms with E-state index in [1.807, 2.05) is 18.7 Å². The number of hydrogen-bond donors (Lipinski definition) is 1. The van der Waals surface area contributed by atoms with Gasteiger partial charge in [0.1, 0.15) is 0 Å². The van der Waals surface area contributed by atoms with Crippen LogP contribution in [0, 0.1) is 17.8 Å². The second-order valence-electron chi connectivity index (χ2n) is 6.16. The van der Waals surface area contributed by atoms with Crippen LogP contribution in [0.15, 0.2) is 5.16 Å². The molecule has 20 heavy (non-hydrogen) atoms. The summed E-state index contributed by atoms with van der Waals surface area (Å²) in [6.07, 6.45) is 1.69. The molecule has 2 fully saturated rings. The summed E-state index contributed by atoms with van der Waals surface area (Å²) in [6.45, 7) is 9.51. The first-order valence-electron chi connectivity index (χ1n) is 7.64. The van der Waals surface area contributed by atoms with Gasteiger partial charge in [0.25, 0.3) is 0 Å². The first-order valence-corrected chi connectivity index (χ1v) is 7.64. The van der Waals surface area contributed by atoms with Crippen LogP contribution in [0.4, 0.5) is 0 Å². The molecular formula is C15H26N2O3. The van der Waals surface area contributed by atoms with Gasteiger partial charge < -0.3 is 14.8 Å². The number of ether oxygens (including phenoxy) is 1. The van der Waals surface area contributed by atoms with Crippen LogP contribution in [0.5, 0.6) is 0 Å². The minimum Gasteiger partial charge on any atom is -0.411 e. The lowest BCUT2D eigenvalue weighted by Crippen LogP contribution is -2.48. The monoisotopic (exact) mass is 282 g/mol. The van der Waals surface area contributed by atoms with Gasteiger partial charge in [0, 0.05) is 25.4 Å². The molecule has 114 valence electrons. The molecule has 2 rings (SSSR count). The second kappa shape index (κ2) is 6.12. The van der Waals surface area contributed by atoms with Gasteiger partial charge in [0.05, 0.1) is 23.8 Å². The lowest BCUT2D eigenvalue weighted by atomic mass is 9.86. The largest absolute Gasteiger partial charge is 0.411 e. The fourth-order valence-electron chi connectivity index (χ4n) is 3.52. The molecule has 1 amide bonds. The van der Waals surface area contributed by atoms with Crippen molar-refractivity contribution in [2.24, 2.45) is 22.9 Å². The van der Waals surface area contributed by atoms with Crippen LogP contribution in [0.3, 0.4) is 0 Å². The topological polar surface area (TPSA) is 62.1 Å². The van der Waals surface area contributed by atoms with Crippen LogP contribution in [-0.2, 0) is 9.53 Å². The maximum atomic E-state index is 12.8. The molecule has 5 heteroatoms. The van der Waals surface area contributed by atoms with Crippen LogP contribution < -0.4 is 0 Å². The molecule has 0 aromatic rings. The Bertz CT molecular complexity index is 397. The molecule has 2 heterocycles. The molecule has 0 saturated carbocycles. The van der Waals surface area contributed by atoms with E-state index in [1.54, 1.807) is 0 Å². The Balaban J connectivity index is 2.07. The fourth-order valence-corrected chi connectivity index (χ4v) is 3.52. The lowest BCUT2D eigenvalue weighted by molar-refractivity contribution is -0.138. The Morgan fingerprint density at radius 1 is 1.40 bits per heavy atom. The zero-order valence-corrected chi connectivity index (χ0v) is 12.9. The van der Waals surface area contributed by atoms with Crippen molar-refractivity contribution in [3.63, 3.8) is 0 Å². The fraction of sp³-hybridized carbons (Fsp3) is 0.867. The van der Waals surface area contributed by atoms with Crippen molar-refractivity contribution < 1.29 is 14.7 Å². The molecule has 0 spiro atoms. The van der Waals surface area contributed by atoms with Crippen LogP contribution in [0.1, 0.15) is 40.5 Å². The molecule has 0 bridgehead atoms. The minimum absolute atomic E-state index is 0.0134. The maximum absolute atomic E-state index is 12.8. The highest BCUT2D eigenvalue weighted by atomic mass is 16.5. The quantitative estimate of drug-likeness (QED) is 0.623. The summed E-state index contributed by atoms with van der Waals surface area (Å²) in [5.41, 5.74) is 0.827. The van der Waals surface area contributed by atoms with Crippen molar-refractivity contribution in [2.45, 2.75) is 52.7 Å². The van der Waals surface area contributed by atoms with Crippen LogP contribution in [0.2, 0.25) is 0 Å². The third kappa shape index (κ3) is 2.68. The van der Waals surface area contributed by atoms with Gasteiger partial charge in [-0.1, -0.05) is 19.0 Å². The van der Waals surface area contributed by atoms with Crippen molar-refractivity contribution in [2.75, 3.05) is 13.1 Å². The molecule has 0 aromatic heterocycles. The van der Waals surface area contributed by atoms with E-state index in [0.29, 0.717) is 19.5 Å². The average molecular weight is 282 g/mol. The molecule has 5 atom stereocenters. The van der Waals surface area contributed by atoms with Crippen LogP contribution in [-0.4, -0.2) is 47.0 Å². The van der Waals surface area contributed by atoms with Gasteiger partial charge in [-0.15, -0.1) is 0 Å². The van der Waals surface area contributed by atoms with E-state index in [9.17, 15) is 4.79 Å². The molecule has 1 N–H and O–H groups in total. The summed E-state index contributed by atoms with van der Waals surface area (Å²) in [4.78, 5) is 14.7. The summed E-state index contributed by atoms with van der Waals surface area (Å²) in [5, 5.41) is 12.4. The van der Waals surface area contributed by atoms with E-state index < -0.39 is 0 Å². The van der Waals surface area contributed by atoms with Crippen molar-refractivity contribution in [1.29, 1.82) is 0 Å². The van der Waals surface area contributed by atoms with Gasteiger partial charge in [-0.3, -0.25) is 4.79 Å². The van der Waals surface area contributed by atoms with Gasteiger partial charge in [0.2, 0.25) is 5.91 Å². The van der Waals surface area contributed by atoms with E-state index in [0.717, 1.165) is 12.1 Å². The molecule has 0 aliphatic carbocycles. The smallest absolute Gasteiger partial charge is 0.228 e. The van der Waals surface area contributed by atoms with Gasteiger partial charge in [-0.25, -0.2) is 0 Å². The summed E-state index contributed by atoms with van der Waals surface area (Å²) in [7, 11) is 0. The zero-order valence-electron chi connectivity index (χ0n) is 12.9. The third-order valence-corrected chi connectivity index (χ3v) is 5.01. The lowest BCUT2D eigenvalue weighted by Gasteiger charge is -2.35. The second-order valence-corrected chi connectivity index (χ2v) is 6.16. The van der Waals surface area contributed by atoms with Crippen LogP contribution in [0.25, 0.3) is 0 Å². The highest BCUT2D eigenvalue weighted by Crippen LogP contribution is 2.34. The molecule has 2 aliphatic heterocycles. The number of carbonyl (C=O) groups is 1. The summed E-state index contributed by atoms with van der Waals surface area (Å²) in [5.74, 6) is 0.591. The number of piperidine rings is 1. The van der Waals surface area contributed by atoms with Gasteiger partial charge >= 0.3 is 0 Å². The van der Waals surface area contributed by atoms with Crippen molar-refractivity contribution >= 4 is 11.6 Å². The Morgan fingerprint density at radius 3 is 2.60 bits per heavy atom.